The zero-order chi connectivity index (χ0) is 17.6. The van der Waals surface area contributed by atoms with E-state index in [1.165, 1.54) is 12.8 Å². The smallest absolute Gasteiger partial charge is 0.328 e. The summed E-state index contributed by atoms with van der Waals surface area (Å²) in [6, 6.07) is 6.50. The molecule has 132 valence electrons. The lowest BCUT2D eigenvalue weighted by Gasteiger charge is -2.09. The van der Waals surface area contributed by atoms with Gasteiger partial charge >= 0.3 is 5.97 Å². The van der Waals surface area contributed by atoms with Crippen molar-refractivity contribution in [1.29, 1.82) is 0 Å². The maximum absolute atomic E-state index is 12.2. The fraction of sp³-hybridized carbons (Fsp3) is 0.444. The first-order valence-corrected chi connectivity index (χ1v) is 8.66. The van der Waals surface area contributed by atoms with Gasteiger partial charge in [0, 0.05) is 12.0 Å². The van der Waals surface area contributed by atoms with E-state index >= 15 is 0 Å². The summed E-state index contributed by atoms with van der Waals surface area (Å²) in [6.07, 6.45) is 6.83. The molecule has 1 aliphatic heterocycles. The molecule has 3 rings (SSSR count). The highest BCUT2D eigenvalue weighted by atomic mass is 16.5. The van der Waals surface area contributed by atoms with Crippen LogP contribution in [0.5, 0.6) is 0 Å². The highest BCUT2D eigenvalue weighted by Gasteiger charge is 2.28. The summed E-state index contributed by atoms with van der Waals surface area (Å²) in [7, 11) is 0. The molecule has 7 nitrogen and oxygen atoms in total. The van der Waals surface area contributed by atoms with Gasteiger partial charge in [-0.15, -0.1) is 5.10 Å². The Balaban J connectivity index is 1.61. The standard InChI is InChI=1S/C18H22N4O3/c1-2-3-4-5-14-12-22(21-20-14)15-8-6-13(7-9-15)17(23)19-16-10-11-25-18(16)24/h6-9,12,16H,2-5,10-11H2,1H3,(H,19,23)/t16-/m0/s1. The summed E-state index contributed by atoms with van der Waals surface area (Å²) in [6.45, 7) is 2.53. The third-order valence-electron chi connectivity index (χ3n) is 4.21. The second-order valence-electron chi connectivity index (χ2n) is 6.14. The zero-order valence-corrected chi connectivity index (χ0v) is 14.3. The van der Waals surface area contributed by atoms with Crippen molar-refractivity contribution < 1.29 is 14.3 Å². The maximum atomic E-state index is 12.2. The number of aryl methyl sites for hydroxylation is 1. The SMILES string of the molecule is CCCCCc1cn(-c2ccc(C(=O)N[C@H]3CCOC3=O)cc2)nn1. The third-order valence-corrected chi connectivity index (χ3v) is 4.21. The van der Waals surface area contributed by atoms with Gasteiger partial charge < -0.3 is 10.1 Å². The third kappa shape index (κ3) is 4.23. The van der Waals surface area contributed by atoms with Crippen molar-refractivity contribution in [3.63, 3.8) is 0 Å². The van der Waals surface area contributed by atoms with Gasteiger partial charge in [0.1, 0.15) is 6.04 Å². The molecule has 0 saturated carbocycles. The molecule has 1 N–H and O–H groups in total. The van der Waals surface area contributed by atoms with Crippen LogP contribution in [0.3, 0.4) is 0 Å². The molecule has 1 aromatic carbocycles. The lowest BCUT2D eigenvalue weighted by Crippen LogP contribution is -2.37. The fourth-order valence-electron chi connectivity index (χ4n) is 2.73. The van der Waals surface area contributed by atoms with Crippen LogP contribution < -0.4 is 5.32 Å². The van der Waals surface area contributed by atoms with E-state index in [2.05, 4.69) is 22.6 Å². The lowest BCUT2D eigenvalue weighted by atomic mass is 10.1. The molecule has 2 heterocycles. The van der Waals surface area contributed by atoms with Crippen LogP contribution in [0.4, 0.5) is 0 Å². The van der Waals surface area contributed by atoms with Crippen molar-refractivity contribution >= 4 is 11.9 Å². The quantitative estimate of drug-likeness (QED) is 0.615. The van der Waals surface area contributed by atoms with Gasteiger partial charge in [0.05, 0.1) is 24.2 Å². The van der Waals surface area contributed by atoms with E-state index in [0.717, 1.165) is 24.2 Å². The molecule has 0 radical (unpaired) electrons. The molecule has 1 amide bonds. The highest BCUT2D eigenvalue weighted by molar-refractivity contribution is 5.97. The van der Waals surface area contributed by atoms with E-state index in [4.69, 9.17) is 4.74 Å². The van der Waals surface area contributed by atoms with E-state index in [-0.39, 0.29) is 11.9 Å². The second kappa shape index (κ2) is 7.92. The number of hydrogen-bond donors (Lipinski definition) is 1. The Bertz CT molecular complexity index is 739. The minimum atomic E-state index is -0.548. The lowest BCUT2D eigenvalue weighted by molar-refractivity contribution is -0.139. The molecule has 1 saturated heterocycles. The van der Waals surface area contributed by atoms with E-state index in [1.807, 2.05) is 18.3 Å². The number of rotatable bonds is 7. The van der Waals surface area contributed by atoms with Crippen LogP contribution in [0.1, 0.15) is 48.7 Å². The summed E-state index contributed by atoms with van der Waals surface area (Å²) in [5, 5.41) is 11.0. The topological polar surface area (TPSA) is 86.1 Å². The summed E-state index contributed by atoms with van der Waals surface area (Å²) in [4.78, 5) is 23.6. The van der Waals surface area contributed by atoms with Crippen LogP contribution in [0.25, 0.3) is 5.69 Å². The molecular formula is C18H22N4O3. The van der Waals surface area contributed by atoms with Crippen molar-refractivity contribution in [3.05, 3.63) is 41.7 Å². The second-order valence-corrected chi connectivity index (χ2v) is 6.14. The number of amides is 1. The Hall–Kier alpha value is -2.70. The number of nitrogens with zero attached hydrogens (tertiary/aromatic N) is 3. The van der Waals surface area contributed by atoms with Crippen LogP contribution in [0.2, 0.25) is 0 Å². The van der Waals surface area contributed by atoms with E-state index in [0.29, 0.717) is 18.6 Å². The first-order chi connectivity index (χ1) is 12.2. The predicted octanol–water partition coefficient (Wildman–Crippen LogP) is 2.05. The Morgan fingerprint density at radius 1 is 1.32 bits per heavy atom. The molecule has 1 fully saturated rings. The van der Waals surface area contributed by atoms with Crippen LogP contribution in [-0.4, -0.2) is 39.5 Å². The van der Waals surface area contributed by atoms with Crippen molar-refractivity contribution in [2.45, 2.75) is 45.1 Å². The molecule has 1 aromatic heterocycles. The Morgan fingerprint density at radius 2 is 2.12 bits per heavy atom. The molecule has 0 spiro atoms. The van der Waals surface area contributed by atoms with E-state index in [1.54, 1.807) is 16.8 Å². The van der Waals surface area contributed by atoms with Crippen LogP contribution >= 0.6 is 0 Å². The molecule has 1 aliphatic rings. The number of esters is 1. The molecule has 1 atom stereocenters. The number of ether oxygens (including phenoxy) is 1. The number of aromatic nitrogens is 3. The molecule has 0 aliphatic carbocycles. The summed E-state index contributed by atoms with van der Waals surface area (Å²) in [5.74, 6) is -0.655. The first-order valence-electron chi connectivity index (χ1n) is 8.66. The van der Waals surface area contributed by atoms with E-state index < -0.39 is 6.04 Å². The van der Waals surface area contributed by atoms with Gasteiger partial charge in [-0.05, 0) is 37.1 Å². The Morgan fingerprint density at radius 3 is 2.80 bits per heavy atom. The van der Waals surface area contributed by atoms with Crippen molar-refractivity contribution in [2.24, 2.45) is 0 Å². The Kier molecular flexibility index (Phi) is 5.42. The zero-order valence-electron chi connectivity index (χ0n) is 14.3. The number of benzene rings is 1. The van der Waals surface area contributed by atoms with Crippen LogP contribution in [0.15, 0.2) is 30.5 Å². The summed E-state index contributed by atoms with van der Waals surface area (Å²) in [5.41, 5.74) is 2.30. The number of carbonyl (C=O) groups is 2. The first kappa shape index (κ1) is 17.1. The minimum Gasteiger partial charge on any atom is -0.464 e. The van der Waals surface area contributed by atoms with Gasteiger partial charge in [-0.3, -0.25) is 4.79 Å². The van der Waals surface area contributed by atoms with Gasteiger partial charge in [-0.25, -0.2) is 9.48 Å². The molecule has 0 unspecified atom stereocenters. The van der Waals surface area contributed by atoms with Gasteiger partial charge in [0.2, 0.25) is 0 Å². The van der Waals surface area contributed by atoms with E-state index in [9.17, 15) is 9.59 Å². The monoisotopic (exact) mass is 342 g/mol. The number of cyclic esters (lactones) is 1. The summed E-state index contributed by atoms with van der Waals surface area (Å²) >= 11 is 0. The highest BCUT2D eigenvalue weighted by Crippen LogP contribution is 2.12. The minimum absolute atomic E-state index is 0.283. The fourth-order valence-corrected chi connectivity index (χ4v) is 2.73. The van der Waals surface area contributed by atoms with Gasteiger partial charge in [0.25, 0.3) is 5.91 Å². The number of carbonyl (C=O) groups excluding carboxylic acids is 2. The Labute approximate surface area is 146 Å². The van der Waals surface area contributed by atoms with Gasteiger partial charge in [0.15, 0.2) is 0 Å². The molecule has 25 heavy (non-hydrogen) atoms. The maximum Gasteiger partial charge on any atom is 0.328 e. The average Bonchev–Trinajstić information content (AvgIpc) is 3.25. The molecule has 2 aromatic rings. The van der Waals surface area contributed by atoms with Crippen molar-refractivity contribution in [3.8, 4) is 5.69 Å². The van der Waals surface area contributed by atoms with Crippen molar-refractivity contribution in [2.75, 3.05) is 6.61 Å². The van der Waals surface area contributed by atoms with Gasteiger partial charge in [-0.2, -0.15) is 0 Å². The molecule has 0 bridgehead atoms. The average molecular weight is 342 g/mol. The predicted molar refractivity (Wildman–Crippen MR) is 91.4 cm³/mol. The van der Waals surface area contributed by atoms with Crippen molar-refractivity contribution in [1.82, 2.24) is 20.3 Å². The number of nitrogens with one attached hydrogen (secondary N) is 1. The molecular weight excluding hydrogens is 320 g/mol. The normalized spacial score (nSPS) is 16.7. The summed E-state index contributed by atoms with van der Waals surface area (Å²) < 4.78 is 6.55. The number of unbranched alkanes of at least 4 members (excludes halogenated alkanes) is 2. The molecule has 7 heteroatoms. The van der Waals surface area contributed by atoms with Crippen LogP contribution in [-0.2, 0) is 16.0 Å². The van der Waals surface area contributed by atoms with Crippen LogP contribution in [0, 0.1) is 0 Å². The number of hydrogen-bond acceptors (Lipinski definition) is 5. The largest absolute Gasteiger partial charge is 0.464 e. The van der Waals surface area contributed by atoms with Gasteiger partial charge in [-0.1, -0.05) is 25.0 Å².